The molecule has 0 bridgehead atoms. The summed E-state index contributed by atoms with van der Waals surface area (Å²) in [6, 6.07) is 0. The standard InChI is InChI=1S/C14H21N3O2/c1-3-4-5-9-13(18)17(2)10-12-15-14(19-16-12)11-7-6-8-11/h4-5,11H,3,6-10H2,1-2H3. The fourth-order valence-corrected chi connectivity index (χ4v) is 1.96. The van der Waals surface area contributed by atoms with E-state index in [4.69, 9.17) is 4.52 Å². The number of hydrogen-bond donors (Lipinski definition) is 0. The van der Waals surface area contributed by atoms with Crippen LogP contribution in [0.5, 0.6) is 0 Å². The molecule has 1 aliphatic carbocycles. The fraction of sp³-hybridized carbons (Fsp3) is 0.643. The molecule has 0 aliphatic heterocycles. The van der Waals surface area contributed by atoms with Crippen LogP contribution in [0.25, 0.3) is 0 Å². The van der Waals surface area contributed by atoms with E-state index in [2.05, 4.69) is 10.1 Å². The highest BCUT2D eigenvalue weighted by atomic mass is 16.5. The van der Waals surface area contributed by atoms with Gasteiger partial charge >= 0.3 is 0 Å². The number of carbonyl (C=O) groups excluding carboxylic acids is 1. The smallest absolute Gasteiger partial charge is 0.229 e. The highest BCUT2D eigenvalue weighted by Crippen LogP contribution is 2.35. The molecule has 1 fully saturated rings. The number of amides is 1. The zero-order chi connectivity index (χ0) is 13.7. The maximum absolute atomic E-state index is 11.8. The van der Waals surface area contributed by atoms with Gasteiger partial charge in [-0.2, -0.15) is 4.98 Å². The molecular weight excluding hydrogens is 242 g/mol. The Bertz CT molecular complexity index is 449. The molecule has 1 aromatic heterocycles. The van der Waals surface area contributed by atoms with Gasteiger partial charge in [-0.15, -0.1) is 0 Å². The number of nitrogens with zero attached hydrogens (tertiary/aromatic N) is 3. The van der Waals surface area contributed by atoms with Gasteiger partial charge in [-0.05, 0) is 19.3 Å². The van der Waals surface area contributed by atoms with Gasteiger partial charge in [0, 0.05) is 19.4 Å². The van der Waals surface area contributed by atoms with E-state index in [9.17, 15) is 4.79 Å². The minimum atomic E-state index is 0.0692. The highest BCUT2D eigenvalue weighted by Gasteiger charge is 2.25. The van der Waals surface area contributed by atoms with Crippen LogP contribution in [0.2, 0.25) is 0 Å². The van der Waals surface area contributed by atoms with Gasteiger partial charge in [-0.1, -0.05) is 30.7 Å². The van der Waals surface area contributed by atoms with Crippen LogP contribution in [0.4, 0.5) is 0 Å². The second kappa shape index (κ2) is 6.50. The number of carbonyl (C=O) groups is 1. The van der Waals surface area contributed by atoms with Crippen molar-refractivity contribution in [2.75, 3.05) is 7.05 Å². The zero-order valence-electron chi connectivity index (χ0n) is 11.6. The van der Waals surface area contributed by atoms with E-state index in [1.165, 1.54) is 6.42 Å². The minimum Gasteiger partial charge on any atom is -0.339 e. The Kier molecular flexibility index (Phi) is 4.71. The third-order valence-corrected chi connectivity index (χ3v) is 3.44. The van der Waals surface area contributed by atoms with Crippen LogP contribution in [-0.2, 0) is 11.3 Å². The summed E-state index contributed by atoms with van der Waals surface area (Å²) in [6.45, 7) is 2.46. The number of aromatic nitrogens is 2. The van der Waals surface area contributed by atoms with Gasteiger partial charge < -0.3 is 9.42 Å². The second-order valence-electron chi connectivity index (χ2n) is 5.01. The lowest BCUT2D eigenvalue weighted by atomic mass is 9.85. The third kappa shape index (κ3) is 3.66. The first-order valence-corrected chi connectivity index (χ1v) is 6.92. The Morgan fingerprint density at radius 3 is 2.89 bits per heavy atom. The van der Waals surface area contributed by atoms with Crippen molar-refractivity contribution in [2.24, 2.45) is 0 Å². The van der Waals surface area contributed by atoms with Crippen molar-refractivity contribution in [3.63, 3.8) is 0 Å². The van der Waals surface area contributed by atoms with E-state index in [-0.39, 0.29) is 5.91 Å². The molecule has 2 rings (SSSR count). The first-order valence-electron chi connectivity index (χ1n) is 6.92. The maximum Gasteiger partial charge on any atom is 0.229 e. The molecule has 1 amide bonds. The van der Waals surface area contributed by atoms with Crippen molar-refractivity contribution >= 4 is 5.91 Å². The monoisotopic (exact) mass is 263 g/mol. The topological polar surface area (TPSA) is 59.2 Å². The van der Waals surface area contributed by atoms with Gasteiger partial charge in [-0.25, -0.2) is 0 Å². The number of allylic oxidation sites excluding steroid dienone is 1. The summed E-state index contributed by atoms with van der Waals surface area (Å²) in [4.78, 5) is 17.8. The zero-order valence-corrected chi connectivity index (χ0v) is 11.6. The average molecular weight is 263 g/mol. The minimum absolute atomic E-state index is 0.0692. The molecule has 5 heteroatoms. The first kappa shape index (κ1) is 13.8. The Balaban J connectivity index is 1.83. The molecule has 1 aliphatic rings. The first-order chi connectivity index (χ1) is 9.20. The van der Waals surface area contributed by atoms with Crippen LogP contribution in [0.15, 0.2) is 16.7 Å². The van der Waals surface area contributed by atoms with E-state index in [1.807, 2.05) is 19.1 Å². The molecule has 19 heavy (non-hydrogen) atoms. The number of hydrogen-bond acceptors (Lipinski definition) is 4. The maximum atomic E-state index is 11.8. The van der Waals surface area contributed by atoms with Crippen LogP contribution >= 0.6 is 0 Å². The second-order valence-corrected chi connectivity index (χ2v) is 5.01. The Hall–Kier alpha value is -1.65. The molecule has 1 saturated carbocycles. The Labute approximate surface area is 113 Å². The van der Waals surface area contributed by atoms with Gasteiger partial charge in [0.1, 0.15) is 0 Å². The van der Waals surface area contributed by atoms with Crippen molar-refractivity contribution < 1.29 is 9.32 Å². The highest BCUT2D eigenvalue weighted by molar-refractivity contribution is 5.77. The van der Waals surface area contributed by atoms with Gasteiger partial charge in [0.05, 0.1) is 6.54 Å². The summed E-state index contributed by atoms with van der Waals surface area (Å²) in [5.74, 6) is 1.83. The van der Waals surface area contributed by atoms with E-state index in [1.54, 1.807) is 11.9 Å². The van der Waals surface area contributed by atoms with Crippen LogP contribution in [-0.4, -0.2) is 28.0 Å². The Morgan fingerprint density at radius 1 is 1.47 bits per heavy atom. The molecular formula is C14H21N3O2. The van der Waals surface area contributed by atoms with Crippen LogP contribution in [0.3, 0.4) is 0 Å². The van der Waals surface area contributed by atoms with Crippen molar-refractivity contribution in [1.82, 2.24) is 15.0 Å². The Morgan fingerprint density at radius 2 is 2.26 bits per heavy atom. The van der Waals surface area contributed by atoms with E-state index in [0.29, 0.717) is 24.7 Å². The van der Waals surface area contributed by atoms with Gasteiger partial charge in [0.25, 0.3) is 0 Å². The quantitative estimate of drug-likeness (QED) is 0.740. The lowest BCUT2D eigenvalue weighted by molar-refractivity contribution is -0.129. The van der Waals surface area contributed by atoms with Crippen molar-refractivity contribution in [1.29, 1.82) is 0 Å². The summed E-state index contributed by atoms with van der Waals surface area (Å²) in [6.07, 6.45) is 8.79. The predicted octanol–water partition coefficient (Wildman–Crippen LogP) is 2.65. The fourth-order valence-electron chi connectivity index (χ4n) is 1.96. The SMILES string of the molecule is CCC=CCC(=O)N(C)Cc1noc(C2CCC2)n1. The van der Waals surface area contributed by atoms with Crippen LogP contribution < -0.4 is 0 Å². The summed E-state index contributed by atoms with van der Waals surface area (Å²) in [5.41, 5.74) is 0. The summed E-state index contributed by atoms with van der Waals surface area (Å²) < 4.78 is 5.23. The van der Waals surface area contributed by atoms with Gasteiger partial charge in [0.2, 0.25) is 11.8 Å². The lowest BCUT2D eigenvalue weighted by Gasteiger charge is -2.20. The van der Waals surface area contributed by atoms with Crippen molar-refractivity contribution in [3.05, 3.63) is 23.9 Å². The molecule has 0 atom stereocenters. The summed E-state index contributed by atoms with van der Waals surface area (Å²) in [7, 11) is 1.77. The van der Waals surface area contributed by atoms with E-state index in [0.717, 1.165) is 25.2 Å². The largest absolute Gasteiger partial charge is 0.339 e. The van der Waals surface area contributed by atoms with E-state index >= 15 is 0 Å². The van der Waals surface area contributed by atoms with Gasteiger partial charge in [-0.3, -0.25) is 4.79 Å². The average Bonchev–Trinajstić information content (AvgIpc) is 2.75. The predicted molar refractivity (Wildman–Crippen MR) is 71.4 cm³/mol. The molecule has 1 heterocycles. The number of rotatable bonds is 6. The van der Waals surface area contributed by atoms with Crippen molar-refractivity contribution in [2.45, 2.75) is 51.5 Å². The summed E-state index contributed by atoms with van der Waals surface area (Å²) >= 11 is 0. The third-order valence-electron chi connectivity index (χ3n) is 3.44. The molecule has 0 N–H and O–H groups in total. The molecule has 1 aromatic rings. The molecule has 0 unspecified atom stereocenters. The lowest BCUT2D eigenvalue weighted by Crippen LogP contribution is -2.26. The van der Waals surface area contributed by atoms with E-state index < -0.39 is 0 Å². The molecule has 0 radical (unpaired) electrons. The van der Waals surface area contributed by atoms with Crippen LogP contribution in [0, 0.1) is 0 Å². The molecule has 0 saturated heterocycles. The molecule has 0 aromatic carbocycles. The van der Waals surface area contributed by atoms with Crippen molar-refractivity contribution in [3.8, 4) is 0 Å². The molecule has 104 valence electrons. The normalized spacial score (nSPS) is 15.7. The van der Waals surface area contributed by atoms with Crippen LogP contribution in [0.1, 0.15) is 56.7 Å². The molecule has 0 spiro atoms. The molecule has 5 nitrogen and oxygen atoms in total. The van der Waals surface area contributed by atoms with Gasteiger partial charge in [0.15, 0.2) is 5.82 Å². The summed E-state index contributed by atoms with van der Waals surface area (Å²) in [5, 5.41) is 3.94.